The van der Waals surface area contributed by atoms with Crippen molar-refractivity contribution < 1.29 is 4.92 Å². The van der Waals surface area contributed by atoms with Gasteiger partial charge in [0.1, 0.15) is 5.02 Å². The molecule has 2 aromatic heterocycles. The van der Waals surface area contributed by atoms with Gasteiger partial charge in [0.05, 0.1) is 21.7 Å². The van der Waals surface area contributed by atoms with Crippen LogP contribution in [0.5, 0.6) is 0 Å². The number of nitrogens with zero attached hydrogens (tertiary/aromatic N) is 3. The third-order valence-corrected chi connectivity index (χ3v) is 5.16. The summed E-state index contributed by atoms with van der Waals surface area (Å²) in [7, 11) is 0. The van der Waals surface area contributed by atoms with Crippen LogP contribution in [0.3, 0.4) is 0 Å². The lowest BCUT2D eigenvalue weighted by Crippen LogP contribution is -1.93. The number of aryl methyl sites for hydroxylation is 1. The van der Waals surface area contributed by atoms with Crippen molar-refractivity contribution in [3.63, 3.8) is 0 Å². The van der Waals surface area contributed by atoms with Crippen LogP contribution in [0.15, 0.2) is 40.8 Å². The third kappa shape index (κ3) is 3.61. The van der Waals surface area contributed by atoms with Crippen molar-refractivity contribution in [3.8, 4) is 10.6 Å². The monoisotopic (exact) mass is 378 g/mol. The number of halogens is 1. The number of hydrazone groups is 1. The highest BCUT2D eigenvalue weighted by Crippen LogP contribution is 2.32. The summed E-state index contributed by atoms with van der Waals surface area (Å²) in [4.78, 5) is 17.1. The molecule has 1 N–H and O–H groups in total. The summed E-state index contributed by atoms with van der Waals surface area (Å²) in [6, 6.07) is 8.51. The third-order valence-electron chi connectivity index (χ3n) is 3.09. The van der Waals surface area contributed by atoms with Gasteiger partial charge in [-0.3, -0.25) is 15.5 Å². The zero-order valence-corrected chi connectivity index (χ0v) is 14.8. The van der Waals surface area contributed by atoms with Gasteiger partial charge < -0.3 is 0 Å². The summed E-state index contributed by atoms with van der Waals surface area (Å²) in [5, 5.41) is 17.7. The first-order valence-electron chi connectivity index (χ1n) is 6.79. The van der Waals surface area contributed by atoms with E-state index in [0.717, 1.165) is 15.4 Å². The molecule has 3 aromatic rings. The van der Waals surface area contributed by atoms with Gasteiger partial charge in [-0.15, -0.1) is 22.7 Å². The first-order valence-corrected chi connectivity index (χ1v) is 8.86. The van der Waals surface area contributed by atoms with E-state index in [1.165, 1.54) is 29.7 Å². The molecule has 0 aliphatic heterocycles. The van der Waals surface area contributed by atoms with Crippen LogP contribution < -0.4 is 5.43 Å². The highest BCUT2D eigenvalue weighted by atomic mass is 35.5. The van der Waals surface area contributed by atoms with Crippen LogP contribution in [0.25, 0.3) is 10.6 Å². The van der Waals surface area contributed by atoms with Gasteiger partial charge in [-0.2, -0.15) is 5.10 Å². The zero-order chi connectivity index (χ0) is 17.1. The number of anilines is 1. The number of hydrogen-bond acceptors (Lipinski definition) is 7. The van der Waals surface area contributed by atoms with Gasteiger partial charge in [0.25, 0.3) is 5.69 Å². The van der Waals surface area contributed by atoms with Crippen LogP contribution in [0, 0.1) is 17.0 Å². The lowest BCUT2D eigenvalue weighted by Gasteiger charge is -1.97. The van der Waals surface area contributed by atoms with Crippen molar-refractivity contribution in [1.82, 2.24) is 4.98 Å². The largest absolute Gasteiger partial charge is 0.288 e. The number of hydrogen-bond donors (Lipinski definition) is 1. The van der Waals surface area contributed by atoms with E-state index in [4.69, 9.17) is 11.6 Å². The molecule has 0 unspecified atom stereocenters. The smallest absolute Gasteiger partial charge is 0.258 e. The molecule has 3 rings (SSSR count). The minimum atomic E-state index is -0.523. The average Bonchev–Trinajstić information content (AvgIpc) is 3.18. The predicted molar refractivity (Wildman–Crippen MR) is 99.5 cm³/mol. The maximum atomic E-state index is 10.9. The predicted octanol–water partition coefficient (Wildman–Crippen LogP) is 5.19. The molecule has 0 saturated heterocycles. The van der Waals surface area contributed by atoms with E-state index in [-0.39, 0.29) is 10.7 Å². The molecule has 0 bridgehead atoms. The topological polar surface area (TPSA) is 80.4 Å². The van der Waals surface area contributed by atoms with E-state index in [2.05, 4.69) is 15.5 Å². The summed E-state index contributed by atoms with van der Waals surface area (Å²) in [6.45, 7) is 2.00. The Balaban J connectivity index is 1.74. The molecule has 0 fully saturated rings. The van der Waals surface area contributed by atoms with Gasteiger partial charge in [0.15, 0.2) is 0 Å². The van der Waals surface area contributed by atoms with Crippen molar-refractivity contribution in [2.45, 2.75) is 6.92 Å². The van der Waals surface area contributed by atoms with E-state index in [9.17, 15) is 10.1 Å². The summed E-state index contributed by atoms with van der Waals surface area (Å²) in [6.07, 6.45) is 1.49. The van der Waals surface area contributed by atoms with Crippen LogP contribution in [-0.4, -0.2) is 16.1 Å². The van der Waals surface area contributed by atoms with Crippen LogP contribution in [0.1, 0.15) is 10.4 Å². The van der Waals surface area contributed by atoms with Gasteiger partial charge in [0.2, 0.25) is 5.13 Å². The second-order valence-electron chi connectivity index (χ2n) is 4.74. The van der Waals surface area contributed by atoms with Crippen molar-refractivity contribution in [3.05, 3.63) is 61.3 Å². The molecule has 0 aliphatic carbocycles. The van der Waals surface area contributed by atoms with Crippen LogP contribution in [0.4, 0.5) is 10.8 Å². The number of nitrogens with one attached hydrogen (secondary N) is 1. The SMILES string of the molecule is Cc1sc(N/N=C\c2ccc(Cl)c([N+](=O)[O-])c2)nc1-c1cccs1. The molecule has 2 heterocycles. The van der Waals surface area contributed by atoms with Crippen molar-refractivity contribution in [1.29, 1.82) is 0 Å². The van der Waals surface area contributed by atoms with Crippen molar-refractivity contribution >= 4 is 51.3 Å². The maximum absolute atomic E-state index is 10.9. The summed E-state index contributed by atoms with van der Waals surface area (Å²) >= 11 is 8.91. The molecular weight excluding hydrogens is 368 g/mol. The van der Waals surface area contributed by atoms with E-state index in [1.807, 2.05) is 24.4 Å². The quantitative estimate of drug-likeness (QED) is 0.376. The van der Waals surface area contributed by atoms with Crippen molar-refractivity contribution in [2.24, 2.45) is 5.10 Å². The van der Waals surface area contributed by atoms with Gasteiger partial charge in [0, 0.05) is 16.5 Å². The van der Waals surface area contributed by atoms with E-state index in [1.54, 1.807) is 17.4 Å². The number of nitro benzene ring substituents is 1. The fourth-order valence-corrected chi connectivity index (χ4v) is 3.80. The second-order valence-corrected chi connectivity index (χ2v) is 7.30. The number of aromatic nitrogens is 1. The molecule has 122 valence electrons. The van der Waals surface area contributed by atoms with E-state index in [0.29, 0.717) is 10.7 Å². The number of benzene rings is 1. The Morgan fingerprint density at radius 3 is 2.96 bits per heavy atom. The number of thiazole rings is 1. The normalized spacial score (nSPS) is 11.1. The molecule has 0 spiro atoms. The fourth-order valence-electron chi connectivity index (χ4n) is 2.00. The van der Waals surface area contributed by atoms with Gasteiger partial charge in [-0.1, -0.05) is 23.7 Å². The average molecular weight is 379 g/mol. The molecule has 0 aliphatic rings. The van der Waals surface area contributed by atoms with E-state index >= 15 is 0 Å². The fraction of sp³-hybridized carbons (Fsp3) is 0.0667. The maximum Gasteiger partial charge on any atom is 0.288 e. The van der Waals surface area contributed by atoms with Gasteiger partial charge in [-0.25, -0.2) is 4.98 Å². The highest BCUT2D eigenvalue weighted by Gasteiger charge is 2.12. The Hall–Kier alpha value is -2.29. The van der Waals surface area contributed by atoms with Crippen LogP contribution in [-0.2, 0) is 0 Å². The molecule has 0 radical (unpaired) electrons. The lowest BCUT2D eigenvalue weighted by molar-refractivity contribution is -0.384. The molecule has 1 aromatic carbocycles. The summed E-state index contributed by atoms with van der Waals surface area (Å²) in [5.74, 6) is 0. The Labute approximate surface area is 150 Å². The van der Waals surface area contributed by atoms with E-state index < -0.39 is 4.92 Å². The summed E-state index contributed by atoms with van der Waals surface area (Å²) < 4.78 is 0. The van der Waals surface area contributed by atoms with Crippen LogP contribution in [0.2, 0.25) is 5.02 Å². The Kier molecular flexibility index (Phi) is 4.89. The van der Waals surface area contributed by atoms with Crippen molar-refractivity contribution in [2.75, 3.05) is 5.43 Å². The zero-order valence-electron chi connectivity index (χ0n) is 12.4. The summed E-state index contributed by atoms with van der Waals surface area (Å²) in [5.41, 5.74) is 4.22. The standard InChI is InChI=1S/C15H11ClN4O2S2/c1-9-14(13-3-2-6-23-13)18-15(24-9)19-17-8-10-4-5-11(16)12(7-10)20(21)22/h2-8H,1H3,(H,18,19)/b17-8-. The Morgan fingerprint density at radius 1 is 1.42 bits per heavy atom. The van der Waals surface area contributed by atoms with Gasteiger partial charge in [-0.05, 0) is 24.4 Å². The Bertz CT molecular complexity index is 906. The first kappa shape index (κ1) is 16.6. The first-order chi connectivity index (χ1) is 11.5. The molecule has 0 saturated carbocycles. The van der Waals surface area contributed by atoms with Crippen LogP contribution >= 0.6 is 34.3 Å². The lowest BCUT2D eigenvalue weighted by atomic mass is 10.2. The molecule has 24 heavy (non-hydrogen) atoms. The minimum absolute atomic E-state index is 0.0984. The molecule has 6 nitrogen and oxygen atoms in total. The molecule has 0 atom stereocenters. The minimum Gasteiger partial charge on any atom is -0.258 e. The second kappa shape index (κ2) is 7.08. The molecule has 0 amide bonds. The number of nitro groups is 1. The highest BCUT2D eigenvalue weighted by molar-refractivity contribution is 7.17. The van der Waals surface area contributed by atoms with Gasteiger partial charge >= 0.3 is 0 Å². The number of rotatable bonds is 5. The molecule has 9 heteroatoms. The molecular formula is C15H11ClN4O2S2. The number of thiophene rings is 1. The Morgan fingerprint density at radius 2 is 2.25 bits per heavy atom.